The predicted octanol–water partition coefficient (Wildman–Crippen LogP) is 2.03. The number of hydrogen-bond acceptors (Lipinski definition) is 5. The monoisotopic (exact) mass is 306 g/mol. The highest BCUT2D eigenvalue weighted by Gasteiger charge is 2.31. The van der Waals surface area contributed by atoms with Gasteiger partial charge < -0.3 is 4.74 Å². The molecule has 0 unspecified atom stereocenters. The van der Waals surface area contributed by atoms with Crippen molar-refractivity contribution in [3.63, 3.8) is 0 Å². The molecule has 0 aromatic carbocycles. The fourth-order valence-electron chi connectivity index (χ4n) is 1.67. The van der Waals surface area contributed by atoms with E-state index in [0.717, 1.165) is 12.8 Å². The molecule has 0 saturated heterocycles. The van der Waals surface area contributed by atoms with Crippen LogP contribution in [0, 0.1) is 5.92 Å². The zero-order valence-corrected chi connectivity index (χ0v) is 12.2. The Hall–Kier alpha value is -1.08. The zero-order valence-electron chi connectivity index (χ0n) is 10.6. The average Bonchev–Trinajstić information content (AvgIpc) is 2.99. The van der Waals surface area contributed by atoms with Crippen LogP contribution in [0.5, 0.6) is 0 Å². The Labute approximate surface area is 115 Å². The van der Waals surface area contributed by atoms with Gasteiger partial charge in [-0.1, -0.05) is 13.8 Å². The van der Waals surface area contributed by atoms with E-state index in [9.17, 15) is 13.2 Å². The van der Waals surface area contributed by atoms with Gasteiger partial charge in [0.25, 0.3) is 9.05 Å². The molecular formula is C11H15ClN2O4S. The first kappa shape index (κ1) is 14.3. The highest BCUT2D eigenvalue weighted by atomic mass is 35.7. The summed E-state index contributed by atoms with van der Waals surface area (Å²) in [5.41, 5.74) is 0.0488. The molecule has 1 aliphatic carbocycles. The second kappa shape index (κ2) is 5.13. The quantitative estimate of drug-likeness (QED) is 0.664. The number of H-pyrrole nitrogens is 1. The first-order valence-corrected chi connectivity index (χ1v) is 8.31. The van der Waals surface area contributed by atoms with Crippen molar-refractivity contribution in [2.45, 2.75) is 37.5 Å². The van der Waals surface area contributed by atoms with Gasteiger partial charge in [0.1, 0.15) is 4.90 Å². The SMILES string of the molecule is CC(C)c1[nH]nc(C(=O)OCC2CC2)c1S(=O)(=O)Cl. The number of nitrogens with zero attached hydrogens (tertiary/aromatic N) is 1. The number of ether oxygens (including phenoxy) is 1. The van der Waals surface area contributed by atoms with Gasteiger partial charge in [-0.25, -0.2) is 13.2 Å². The number of halogens is 1. The lowest BCUT2D eigenvalue weighted by molar-refractivity contribution is 0.0474. The Morgan fingerprint density at radius 1 is 1.53 bits per heavy atom. The molecule has 0 aliphatic heterocycles. The van der Waals surface area contributed by atoms with Gasteiger partial charge in [0.05, 0.1) is 12.3 Å². The Bertz CT molecular complexity index is 590. The Kier molecular flexibility index (Phi) is 3.87. The number of aromatic amines is 1. The molecule has 0 bridgehead atoms. The molecule has 1 fully saturated rings. The molecule has 1 N–H and O–H groups in total. The normalized spacial score (nSPS) is 15.8. The number of nitrogens with one attached hydrogen (secondary N) is 1. The molecule has 1 saturated carbocycles. The zero-order chi connectivity index (χ0) is 14.2. The molecule has 2 rings (SSSR count). The number of carbonyl (C=O) groups is 1. The molecule has 1 aromatic heterocycles. The van der Waals surface area contributed by atoms with Crippen LogP contribution in [0.4, 0.5) is 0 Å². The van der Waals surface area contributed by atoms with Crippen molar-refractivity contribution in [1.29, 1.82) is 0 Å². The van der Waals surface area contributed by atoms with Crippen LogP contribution in [-0.4, -0.2) is 31.2 Å². The minimum absolute atomic E-state index is 0.152. The fraction of sp³-hybridized carbons (Fsp3) is 0.636. The fourth-order valence-corrected chi connectivity index (χ4v) is 3.04. The lowest BCUT2D eigenvalue weighted by Crippen LogP contribution is -2.12. The van der Waals surface area contributed by atoms with Crippen molar-refractivity contribution >= 4 is 25.7 Å². The first-order chi connectivity index (χ1) is 8.80. The Morgan fingerprint density at radius 3 is 2.63 bits per heavy atom. The summed E-state index contributed by atoms with van der Waals surface area (Å²) in [4.78, 5) is 11.6. The van der Waals surface area contributed by atoms with Crippen molar-refractivity contribution in [2.75, 3.05) is 6.61 Å². The topological polar surface area (TPSA) is 89.1 Å². The van der Waals surface area contributed by atoms with Gasteiger partial charge in [0.2, 0.25) is 0 Å². The van der Waals surface area contributed by atoms with Crippen LogP contribution < -0.4 is 0 Å². The van der Waals surface area contributed by atoms with Crippen LogP contribution in [0.25, 0.3) is 0 Å². The van der Waals surface area contributed by atoms with E-state index in [-0.39, 0.29) is 16.5 Å². The molecule has 0 atom stereocenters. The maximum atomic E-state index is 11.9. The van der Waals surface area contributed by atoms with Crippen LogP contribution in [0.1, 0.15) is 48.8 Å². The van der Waals surface area contributed by atoms with Gasteiger partial charge in [-0.3, -0.25) is 5.10 Å². The highest BCUT2D eigenvalue weighted by molar-refractivity contribution is 8.13. The standard InChI is InChI=1S/C11H15ClN2O4S/c1-6(2)8-10(19(12,16)17)9(14-13-8)11(15)18-5-7-3-4-7/h6-7H,3-5H2,1-2H3,(H,13,14). The second-order valence-electron chi connectivity index (χ2n) is 4.95. The summed E-state index contributed by atoms with van der Waals surface area (Å²) >= 11 is 0. The Balaban J connectivity index is 2.31. The molecule has 1 heterocycles. The van der Waals surface area contributed by atoms with E-state index in [1.807, 2.05) is 0 Å². The van der Waals surface area contributed by atoms with Crippen molar-refractivity contribution in [3.05, 3.63) is 11.4 Å². The van der Waals surface area contributed by atoms with Crippen molar-refractivity contribution in [2.24, 2.45) is 5.92 Å². The minimum atomic E-state index is -4.06. The van der Waals surface area contributed by atoms with E-state index >= 15 is 0 Å². The third kappa shape index (κ3) is 3.27. The molecule has 1 aromatic rings. The maximum Gasteiger partial charge on any atom is 0.360 e. The predicted molar refractivity (Wildman–Crippen MR) is 68.7 cm³/mol. The van der Waals surface area contributed by atoms with Crippen LogP contribution in [0.3, 0.4) is 0 Å². The smallest absolute Gasteiger partial charge is 0.360 e. The second-order valence-corrected chi connectivity index (χ2v) is 7.45. The lowest BCUT2D eigenvalue weighted by atomic mass is 10.1. The molecule has 106 valence electrons. The summed E-state index contributed by atoms with van der Waals surface area (Å²) in [5.74, 6) is -0.515. The van der Waals surface area contributed by atoms with E-state index in [2.05, 4.69) is 10.2 Å². The summed E-state index contributed by atoms with van der Waals surface area (Å²) in [6.45, 7) is 3.85. The van der Waals surface area contributed by atoms with E-state index in [4.69, 9.17) is 15.4 Å². The molecule has 1 aliphatic rings. The molecule has 8 heteroatoms. The third-order valence-corrected chi connectivity index (χ3v) is 4.27. The van der Waals surface area contributed by atoms with Crippen molar-refractivity contribution in [3.8, 4) is 0 Å². The third-order valence-electron chi connectivity index (χ3n) is 2.91. The summed E-state index contributed by atoms with van der Waals surface area (Å²) in [7, 11) is 1.32. The van der Waals surface area contributed by atoms with E-state index in [1.165, 1.54) is 0 Å². The van der Waals surface area contributed by atoms with Gasteiger partial charge in [0.15, 0.2) is 5.69 Å². The lowest BCUT2D eigenvalue weighted by Gasteiger charge is -2.05. The van der Waals surface area contributed by atoms with E-state index < -0.39 is 15.0 Å². The van der Waals surface area contributed by atoms with Gasteiger partial charge >= 0.3 is 5.97 Å². The van der Waals surface area contributed by atoms with Crippen LogP contribution in [0.15, 0.2) is 4.90 Å². The molecular weight excluding hydrogens is 292 g/mol. The number of aromatic nitrogens is 2. The van der Waals surface area contributed by atoms with Crippen LogP contribution in [0.2, 0.25) is 0 Å². The maximum absolute atomic E-state index is 11.9. The highest BCUT2D eigenvalue weighted by Crippen LogP contribution is 2.31. The summed E-state index contributed by atoms with van der Waals surface area (Å²) in [6, 6.07) is 0. The average molecular weight is 307 g/mol. The van der Waals surface area contributed by atoms with Gasteiger partial charge in [-0.05, 0) is 24.7 Å². The molecule has 0 spiro atoms. The molecule has 6 nitrogen and oxygen atoms in total. The van der Waals surface area contributed by atoms with Crippen molar-refractivity contribution in [1.82, 2.24) is 10.2 Å². The largest absolute Gasteiger partial charge is 0.461 e. The first-order valence-electron chi connectivity index (χ1n) is 6.00. The number of esters is 1. The summed E-state index contributed by atoms with van der Waals surface area (Å²) in [5, 5.41) is 6.29. The van der Waals surface area contributed by atoms with Crippen LogP contribution >= 0.6 is 10.7 Å². The number of hydrogen-bond donors (Lipinski definition) is 1. The van der Waals surface area contributed by atoms with Crippen LogP contribution in [-0.2, 0) is 13.8 Å². The van der Waals surface area contributed by atoms with Crippen molar-refractivity contribution < 1.29 is 17.9 Å². The molecule has 19 heavy (non-hydrogen) atoms. The van der Waals surface area contributed by atoms with E-state index in [0.29, 0.717) is 18.2 Å². The summed E-state index contributed by atoms with van der Waals surface area (Å²) in [6.07, 6.45) is 2.07. The van der Waals surface area contributed by atoms with Gasteiger partial charge in [-0.2, -0.15) is 5.10 Å². The number of carbonyl (C=O) groups excluding carboxylic acids is 1. The van der Waals surface area contributed by atoms with Gasteiger partial charge in [0, 0.05) is 10.7 Å². The Morgan fingerprint density at radius 2 is 2.16 bits per heavy atom. The van der Waals surface area contributed by atoms with Gasteiger partial charge in [-0.15, -0.1) is 0 Å². The van der Waals surface area contributed by atoms with E-state index in [1.54, 1.807) is 13.8 Å². The molecule has 0 radical (unpaired) electrons. The minimum Gasteiger partial charge on any atom is -0.461 e. The molecule has 0 amide bonds. The number of rotatable bonds is 5. The summed E-state index contributed by atoms with van der Waals surface area (Å²) < 4.78 is 28.2.